The Kier molecular flexibility index (Phi) is 6.48. The minimum atomic E-state index is -0.745. The van der Waals surface area contributed by atoms with E-state index in [1.807, 2.05) is 19.1 Å². The van der Waals surface area contributed by atoms with Gasteiger partial charge in [0.2, 0.25) is 0 Å². The number of phenolic OH excluding ortho intramolecular Hbond substituents is 1. The van der Waals surface area contributed by atoms with Crippen LogP contribution in [-0.2, 0) is 20.7 Å². The van der Waals surface area contributed by atoms with E-state index in [-0.39, 0.29) is 11.7 Å². The van der Waals surface area contributed by atoms with Gasteiger partial charge in [-0.1, -0.05) is 12.1 Å². The van der Waals surface area contributed by atoms with Crippen LogP contribution in [0.25, 0.3) is 0 Å². The highest BCUT2D eigenvalue weighted by Crippen LogP contribution is 2.18. The summed E-state index contributed by atoms with van der Waals surface area (Å²) in [6.45, 7) is 2.94. The van der Waals surface area contributed by atoms with E-state index >= 15 is 0 Å². The number of hydrogen-bond acceptors (Lipinski definition) is 5. The molecule has 0 saturated carbocycles. The SMILES string of the molecule is COCCNC(C)(CCc1ccc(O)cc1)C(=O)OC. The number of aryl methyl sites for hydroxylation is 1. The number of methoxy groups -OCH3 is 2. The molecule has 5 nitrogen and oxygen atoms in total. The second-order valence-corrected chi connectivity index (χ2v) is 4.91. The van der Waals surface area contributed by atoms with Gasteiger partial charge in [0.05, 0.1) is 13.7 Å². The molecule has 0 spiro atoms. The Bertz CT molecular complexity index is 418. The number of phenols is 1. The van der Waals surface area contributed by atoms with Crippen LogP contribution in [0.2, 0.25) is 0 Å². The monoisotopic (exact) mass is 281 g/mol. The zero-order valence-corrected chi connectivity index (χ0v) is 12.3. The van der Waals surface area contributed by atoms with Crippen LogP contribution in [0.15, 0.2) is 24.3 Å². The van der Waals surface area contributed by atoms with Crippen LogP contribution >= 0.6 is 0 Å². The minimum absolute atomic E-state index is 0.239. The first-order chi connectivity index (χ1) is 9.51. The largest absolute Gasteiger partial charge is 0.508 e. The molecule has 0 aromatic heterocycles. The summed E-state index contributed by atoms with van der Waals surface area (Å²) >= 11 is 0. The molecule has 20 heavy (non-hydrogen) atoms. The lowest BCUT2D eigenvalue weighted by Gasteiger charge is -2.28. The summed E-state index contributed by atoms with van der Waals surface area (Å²) in [7, 11) is 3.01. The summed E-state index contributed by atoms with van der Waals surface area (Å²) in [6, 6.07) is 6.98. The topological polar surface area (TPSA) is 67.8 Å². The number of benzene rings is 1. The molecule has 0 fully saturated rings. The number of nitrogens with one attached hydrogen (secondary N) is 1. The summed E-state index contributed by atoms with van der Waals surface area (Å²) in [5.74, 6) is -0.0462. The smallest absolute Gasteiger partial charge is 0.325 e. The number of carbonyl (C=O) groups excluding carboxylic acids is 1. The van der Waals surface area contributed by atoms with Crippen molar-refractivity contribution < 1.29 is 19.4 Å². The highest BCUT2D eigenvalue weighted by atomic mass is 16.5. The van der Waals surface area contributed by atoms with Crippen molar-refractivity contribution in [2.75, 3.05) is 27.4 Å². The Morgan fingerprint density at radius 2 is 1.95 bits per heavy atom. The lowest BCUT2D eigenvalue weighted by Crippen LogP contribution is -2.51. The Hall–Kier alpha value is -1.59. The molecule has 1 aromatic rings. The highest BCUT2D eigenvalue weighted by molar-refractivity contribution is 5.80. The van der Waals surface area contributed by atoms with Gasteiger partial charge in [-0.15, -0.1) is 0 Å². The molecule has 0 aliphatic rings. The van der Waals surface area contributed by atoms with Gasteiger partial charge in [-0.05, 0) is 37.5 Å². The van der Waals surface area contributed by atoms with Gasteiger partial charge < -0.3 is 14.6 Å². The van der Waals surface area contributed by atoms with E-state index in [1.165, 1.54) is 7.11 Å². The van der Waals surface area contributed by atoms with Crippen molar-refractivity contribution in [3.8, 4) is 5.75 Å². The van der Waals surface area contributed by atoms with Crippen LogP contribution in [0, 0.1) is 0 Å². The first kappa shape index (κ1) is 16.5. The Morgan fingerprint density at radius 1 is 1.30 bits per heavy atom. The van der Waals surface area contributed by atoms with Crippen molar-refractivity contribution in [3.05, 3.63) is 29.8 Å². The molecule has 112 valence electrons. The molecular formula is C15H23NO4. The van der Waals surface area contributed by atoms with E-state index in [1.54, 1.807) is 19.2 Å². The molecular weight excluding hydrogens is 258 g/mol. The van der Waals surface area contributed by atoms with E-state index in [2.05, 4.69) is 5.32 Å². The molecule has 0 saturated heterocycles. The third-order valence-electron chi connectivity index (χ3n) is 3.31. The summed E-state index contributed by atoms with van der Waals surface area (Å²) in [5, 5.41) is 12.4. The van der Waals surface area contributed by atoms with Crippen molar-refractivity contribution in [2.45, 2.75) is 25.3 Å². The summed E-state index contributed by atoms with van der Waals surface area (Å²) in [6.07, 6.45) is 1.32. The Labute approximate surface area is 119 Å². The molecule has 0 aliphatic heterocycles. The predicted molar refractivity (Wildman–Crippen MR) is 76.7 cm³/mol. The van der Waals surface area contributed by atoms with E-state index in [0.29, 0.717) is 26.0 Å². The van der Waals surface area contributed by atoms with Crippen LogP contribution in [-0.4, -0.2) is 44.0 Å². The first-order valence-corrected chi connectivity index (χ1v) is 6.62. The summed E-state index contributed by atoms with van der Waals surface area (Å²) < 4.78 is 9.86. The zero-order valence-electron chi connectivity index (χ0n) is 12.3. The third kappa shape index (κ3) is 4.83. The molecule has 0 amide bonds. The van der Waals surface area contributed by atoms with Crippen LogP contribution in [0.4, 0.5) is 0 Å². The van der Waals surface area contributed by atoms with Gasteiger partial charge >= 0.3 is 5.97 Å². The maximum Gasteiger partial charge on any atom is 0.325 e. The molecule has 1 atom stereocenters. The second-order valence-electron chi connectivity index (χ2n) is 4.91. The fourth-order valence-corrected chi connectivity index (χ4v) is 1.97. The van der Waals surface area contributed by atoms with Crippen LogP contribution in [0.3, 0.4) is 0 Å². The average Bonchev–Trinajstić information content (AvgIpc) is 2.46. The number of hydrogen-bond donors (Lipinski definition) is 2. The van der Waals surface area contributed by atoms with Crippen LogP contribution in [0.5, 0.6) is 5.75 Å². The van der Waals surface area contributed by atoms with Crippen molar-refractivity contribution in [1.82, 2.24) is 5.32 Å². The van der Waals surface area contributed by atoms with Gasteiger partial charge in [0.15, 0.2) is 0 Å². The molecule has 0 aliphatic carbocycles. The lowest BCUT2D eigenvalue weighted by atomic mass is 9.93. The zero-order chi connectivity index (χ0) is 15.0. The molecule has 2 N–H and O–H groups in total. The quantitative estimate of drug-likeness (QED) is 0.558. The molecule has 0 radical (unpaired) electrons. The van der Waals surface area contributed by atoms with Gasteiger partial charge in [0.1, 0.15) is 11.3 Å². The summed E-state index contributed by atoms with van der Waals surface area (Å²) in [5.41, 5.74) is 0.317. The first-order valence-electron chi connectivity index (χ1n) is 6.62. The van der Waals surface area contributed by atoms with E-state index in [4.69, 9.17) is 9.47 Å². The molecule has 0 bridgehead atoms. The predicted octanol–water partition coefficient (Wildman–Crippen LogP) is 1.49. The Balaban J connectivity index is 2.64. The minimum Gasteiger partial charge on any atom is -0.508 e. The molecule has 5 heteroatoms. The second kappa shape index (κ2) is 7.87. The van der Waals surface area contributed by atoms with Gasteiger partial charge in [0.25, 0.3) is 0 Å². The van der Waals surface area contributed by atoms with Gasteiger partial charge in [-0.3, -0.25) is 10.1 Å². The Morgan fingerprint density at radius 3 is 2.50 bits per heavy atom. The highest BCUT2D eigenvalue weighted by Gasteiger charge is 2.33. The van der Waals surface area contributed by atoms with Crippen LogP contribution < -0.4 is 5.32 Å². The van der Waals surface area contributed by atoms with E-state index in [0.717, 1.165) is 5.56 Å². The van der Waals surface area contributed by atoms with Crippen molar-refractivity contribution in [1.29, 1.82) is 0 Å². The van der Waals surface area contributed by atoms with E-state index in [9.17, 15) is 9.90 Å². The fraction of sp³-hybridized carbons (Fsp3) is 0.533. The maximum absolute atomic E-state index is 11.9. The fourth-order valence-electron chi connectivity index (χ4n) is 1.97. The normalized spacial score (nSPS) is 13.8. The number of rotatable bonds is 8. The van der Waals surface area contributed by atoms with Crippen molar-refractivity contribution >= 4 is 5.97 Å². The third-order valence-corrected chi connectivity index (χ3v) is 3.31. The number of aromatic hydroxyl groups is 1. The lowest BCUT2D eigenvalue weighted by molar-refractivity contribution is -0.148. The standard InChI is InChI=1S/C15H23NO4/c1-15(14(18)20-3,16-10-11-19-2)9-8-12-4-6-13(17)7-5-12/h4-7,16-17H,8-11H2,1-3H3. The van der Waals surface area contributed by atoms with Gasteiger partial charge in [-0.25, -0.2) is 0 Å². The average molecular weight is 281 g/mol. The van der Waals surface area contributed by atoms with Gasteiger partial charge in [-0.2, -0.15) is 0 Å². The van der Waals surface area contributed by atoms with Crippen LogP contribution in [0.1, 0.15) is 18.9 Å². The van der Waals surface area contributed by atoms with E-state index < -0.39 is 5.54 Å². The number of ether oxygens (including phenoxy) is 2. The van der Waals surface area contributed by atoms with Crippen molar-refractivity contribution in [2.24, 2.45) is 0 Å². The van der Waals surface area contributed by atoms with Gasteiger partial charge in [0, 0.05) is 13.7 Å². The summed E-state index contributed by atoms with van der Waals surface area (Å²) in [4.78, 5) is 11.9. The number of esters is 1. The molecule has 1 aromatic carbocycles. The number of carbonyl (C=O) groups is 1. The molecule has 1 unspecified atom stereocenters. The maximum atomic E-state index is 11.9. The molecule has 0 heterocycles. The molecule has 1 rings (SSSR count). The van der Waals surface area contributed by atoms with Crippen molar-refractivity contribution in [3.63, 3.8) is 0 Å².